The van der Waals surface area contributed by atoms with Gasteiger partial charge < -0.3 is 25.5 Å². The summed E-state index contributed by atoms with van der Waals surface area (Å²) in [6.45, 7) is 9.57. The lowest BCUT2D eigenvalue weighted by molar-refractivity contribution is -0.136. The highest BCUT2D eigenvalue weighted by atomic mass is 35.5. The Labute approximate surface area is 330 Å². The zero-order chi connectivity index (χ0) is 38.7. The number of aliphatic hydroxyl groups excluding tert-OH is 1. The highest BCUT2D eigenvalue weighted by Crippen LogP contribution is 2.42. The van der Waals surface area contributed by atoms with Gasteiger partial charge in [-0.3, -0.25) is 4.79 Å². The van der Waals surface area contributed by atoms with Crippen LogP contribution in [0.4, 0.5) is 11.4 Å². The summed E-state index contributed by atoms with van der Waals surface area (Å²) >= 11 is 12.1. The third-order valence-corrected chi connectivity index (χ3v) is 10.9. The number of nitrogens with one attached hydrogen (secondary N) is 1. The molecule has 1 aliphatic rings. The lowest BCUT2D eigenvalue weighted by Gasteiger charge is -2.42. The topological polar surface area (TPSA) is 93.0 Å². The number of carboxylic acids is 1. The standard InChI is InChI=1S/C32H41NO2.C14H11Cl2NO2/c1-31(2,3)26-18-16-25(17-19-26)30(34)15-10-22-33-23-20-29(21-24-33)32(35,27-11-6-4-7-12-27)28-13-8-5-9-14-28;15-10-5-3-6-11(16)14(10)17-12-7-2-1-4-9(12)8-13(18)19/h4-9,11-14,16-19,29-30,34-35H,10,15,20-24H2,1-3H3;1-7,17H,8H2,(H,18,19). The smallest absolute Gasteiger partial charge is 0.307 e. The maximum absolute atomic E-state index is 12.1. The molecule has 0 radical (unpaired) electrons. The quantitative estimate of drug-likeness (QED) is 0.101. The van der Waals surface area contributed by atoms with E-state index in [9.17, 15) is 15.0 Å². The van der Waals surface area contributed by atoms with Gasteiger partial charge in [-0.1, -0.05) is 153 Å². The number of halogens is 2. The number of likely N-dealkylation sites (tertiary alicyclic amines) is 1. The molecule has 6 rings (SSSR count). The van der Waals surface area contributed by atoms with E-state index in [0.717, 1.165) is 62.0 Å². The van der Waals surface area contributed by atoms with Gasteiger partial charge in [-0.2, -0.15) is 0 Å². The summed E-state index contributed by atoms with van der Waals surface area (Å²) in [5.41, 5.74) is 5.34. The fourth-order valence-corrected chi connectivity index (χ4v) is 7.68. The van der Waals surface area contributed by atoms with Crippen LogP contribution in [0.5, 0.6) is 0 Å². The number of aliphatic hydroxyl groups is 2. The van der Waals surface area contributed by atoms with E-state index in [0.29, 0.717) is 27.0 Å². The number of piperidine rings is 1. The van der Waals surface area contributed by atoms with Crippen molar-refractivity contribution in [2.75, 3.05) is 25.0 Å². The molecule has 1 unspecified atom stereocenters. The van der Waals surface area contributed by atoms with Crippen molar-refractivity contribution in [3.05, 3.63) is 165 Å². The van der Waals surface area contributed by atoms with Gasteiger partial charge in [0.2, 0.25) is 0 Å². The van der Waals surface area contributed by atoms with Crippen molar-refractivity contribution in [3.63, 3.8) is 0 Å². The van der Waals surface area contributed by atoms with E-state index < -0.39 is 17.7 Å². The maximum atomic E-state index is 12.1. The van der Waals surface area contributed by atoms with Crippen molar-refractivity contribution in [2.24, 2.45) is 5.92 Å². The summed E-state index contributed by atoms with van der Waals surface area (Å²) in [4.78, 5) is 13.3. The van der Waals surface area contributed by atoms with Crippen LogP contribution >= 0.6 is 23.2 Å². The van der Waals surface area contributed by atoms with E-state index in [4.69, 9.17) is 28.3 Å². The number of carbonyl (C=O) groups is 1. The third-order valence-electron chi connectivity index (χ3n) is 10.3. The summed E-state index contributed by atoms with van der Waals surface area (Å²) in [6, 6.07) is 41.0. The minimum absolute atomic E-state index is 0.0642. The lowest BCUT2D eigenvalue weighted by Crippen LogP contribution is -2.44. The molecule has 0 amide bonds. The highest BCUT2D eigenvalue weighted by molar-refractivity contribution is 6.39. The molecule has 5 aromatic rings. The van der Waals surface area contributed by atoms with E-state index in [-0.39, 0.29) is 17.8 Å². The van der Waals surface area contributed by atoms with Gasteiger partial charge in [-0.25, -0.2) is 0 Å². The summed E-state index contributed by atoms with van der Waals surface area (Å²) in [5, 5.41) is 35.7. The molecule has 4 N–H and O–H groups in total. The van der Waals surface area contributed by atoms with Gasteiger partial charge >= 0.3 is 5.97 Å². The number of hydrogen-bond acceptors (Lipinski definition) is 5. The Kier molecular flexibility index (Phi) is 14.4. The fraction of sp³-hybridized carbons (Fsp3) is 0.326. The van der Waals surface area contributed by atoms with E-state index in [1.165, 1.54) is 5.56 Å². The van der Waals surface area contributed by atoms with Crippen LogP contribution in [-0.4, -0.2) is 45.8 Å². The van der Waals surface area contributed by atoms with Crippen LogP contribution in [0, 0.1) is 5.92 Å². The molecule has 1 atom stereocenters. The first-order valence-electron chi connectivity index (χ1n) is 18.7. The van der Waals surface area contributed by atoms with Gasteiger partial charge in [0.25, 0.3) is 0 Å². The second kappa shape index (κ2) is 18.9. The number of aliphatic carboxylic acids is 1. The fourth-order valence-electron chi connectivity index (χ4n) is 7.19. The number of benzene rings is 5. The number of para-hydroxylation sites is 2. The second-order valence-electron chi connectivity index (χ2n) is 15.1. The number of nitrogens with zero attached hydrogens (tertiary/aromatic N) is 1. The van der Waals surface area contributed by atoms with Gasteiger partial charge in [0, 0.05) is 5.69 Å². The maximum Gasteiger partial charge on any atom is 0.307 e. The van der Waals surface area contributed by atoms with Gasteiger partial charge in [0.15, 0.2) is 0 Å². The van der Waals surface area contributed by atoms with Crippen molar-refractivity contribution in [1.29, 1.82) is 0 Å². The monoisotopic (exact) mass is 766 g/mol. The normalized spacial score (nSPS) is 14.5. The molecule has 1 aliphatic heterocycles. The zero-order valence-corrected chi connectivity index (χ0v) is 32.9. The molecule has 0 aliphatic carbocycles. The Hall–Kier alpha value is -4.17. The van der Waals surface area contributed by atoms with E-state index in [1.54, 1.807) is 36.4 Å². The lowest BCUT2D eigenvalue weighted by atomic mass is 9.72. The third kappa shape index (κ3) is 10.7. The first-order chi connectivity index (χ1) is 25.9. The molecule has 284 valence electrons. The number of carboxylic acid groups (broad SMARTS) is 1. The Bertz CT molecular complexity index is 1860. The summed E-state index contributed by atoms with van der Waals surface area (Å²) < 4.78 is 0. The Balaban J connectivity index is 0.000000249. The van der Waals surface area contributed by atoms with Gasteiger partial charge in [0.1, 0.15) is 5.60 Å². The van der Waals surface area contributed by atoms with Crippen molar-refractivity contribution in [3.8, 4) is 0 Å². The van der Waals surface area contributed by atoms with Crippen LogP contribution in [0.2, 0.25) is 10.0 Å². The molecule has 1 heterocycles. The minimum Gasteiger partial charge on any atom is -0.481 e. The largest absolute Gasteiger partial charge is 0.481 e. The van der Waals surface area contributed by atoms with Crippen LogP contribution in [0.25, 0.3) is 0 Å². The molecule has 0 saturated carbocycles. The SMILES string of the molecule is CC(C)(C)c1ccc(C(O)CCCN2CCC(C(O)(c3ccccc3)c3ccccc3)CC2)cc1.O=C(O)Cc1ccccc1Nc1c(Cl)cccc1Cl. The molecule has 0 bridgehead atoms. The molecular formula is C46H52Cl2N2O4. The number of hydrogen-bond donors (Lipinski definition) is 4. The predicted octanol–water partition coefficient (Wildman–Crippen LogP) is 10.8. The van der Waals surface area contributed by atoms with Gasteiger partial charge in [-0.05, 0) is 103 Å². The summed E-state index contributed by atoms with van der Waals surface area (Å²) in [6.07, 6.45) is 3.17. The number of rotatable bonds is 12. The average Bonchev–Trinajstić information content (AvgIpc) is 3.17. The molecule has 1 fully saturated rings. The van der Waals surface area contributed by atoms with Crippen LogP contribution in [0.1, 0.15) is 80.4 Å². The molecule has 5 aromatic carbocycles. The van der Waals surface area contributed by atoms with Crippen molar-refractivity contribution >= 4 is 40.5 Å². The molecule has 1 saturated heterocycles. The van der Waals surface area contributed by atoms with Crippen LogP contribution in [0.3, 0.4) is 0 Å². The van der Waals surface area contributed by atoms with Crippen LogP contribution in [-0.2, 0) is 22.2 Å². The van der Waals surface area contributed by atoms with Crippen LogP contribution < -0.4 is 5.32 Å². The minimum atomic E-state index is -0.968. The molecule has 8 heteroatoms. The van der Waals surface area contributed by atoms with Gasteiger partial charge in [0.05, 0.1) is 28.3 Å². The second-order valence-corrected chi connectivity index (χ2v) is 15.9. The summed E-state index contributed by atoms with van der Waals surface area (Å²) in [7, 11) is 0. The average molecular weight is 768 g/mol. The Morgan fingerprint density at radius 2 is 1.30 bits per heavy atom. The highest BCUT2D eigenvalue weighted by Gasteiger charge is 2.41. The first kappa shape index (κ1) is 41.0. The van der Waals surface area contributed by atoms with Crippen molar-refractivity contribution in [1.82, 2.24) is 4.90 Å². The van der Waals surface area contributed by atoms with E-state index >= 15 is 0 Å². The Morgan fingerprint density at radius 1 is 0.759 bits per heavy atom. The zero-order valence-electron chi connectivity index (χ0n) is 31.4. The van der Waals surface area contributed by atoms with Crippen LogP contribution in [0.15, 0.2) is 127 Å². The molecule has 0 aromatic heterocycles. The Morgan fingerprint density at radius 3 is 1.83 bits per heavy atom. The van der Waals surface area contributed by atoms with Gasteiger partial charge in [-0.15, -0.1) is 0 Å². The molecule has 6 nitrogen and oxygen atoms in total. The van der Waals surface area contributed by atoms with Crippen molar-refractivity contribution < 1.29 is 20.1 Å². The van der Waals surface area contributed by atoms with E-state index in [2.05, 4.69) is 79.5 Å². The predicted molar refractivity (Wildman–Crippen MR) is 222 cm³/mol. The molecule has 54 heavy (non-hydrogen) atoms. The first-order valence-corrected chi connectivity index (χ1v) is 19.5. The molecular weight excluding hydrogens is 715 g/mol. The van der Waals surface area contributed by atoms with Crippen molar-refractivity contribution in [2.45, 2.75) is 70.0 Å². The molecule has 0 spiro atoms. The summed E-state index contributed by atoms with van der Waals surface area (Å²) in [5.74, 6) is -0.713. The number of anilines is 2. The van der Waals surface area contributed by atoms with E-state index in [1.807, 2.05) is 42.5 Å².